The third-order valence-electron chi connectivity index (χ3n) is 7.94. The molecule has 2 aliphatic rings. The SMILES string of the molecule is CCS(=O)(=O)CCCN1Cc2cc(Nc3ncnc4c3CCN(c3ncccc3S(C)(=O)=O)C4)ccc2C(C)(C)C1. The molecule has 0 unspecified atom stereocenters. The molecule has 0 atom stereocenters. The number of fused-ring (bicyclic) bond motifs is 2. The summed E-state index contributed by atoms with van der Waals surface area (Å²) in [5.74, 6) is 1.60. The molecule has 0 saturated heterocycles. The molecule has 0 saturated carbocycles. The Kier molecular flexibility index (Phi) is 8.10. The van der Waals surface area contributed by atoms with Gasteiger partial charge in [-0.15, -0.1) is 0 Å². The van der Waals surface area contributed by atoms with Crippen molar-refractivity contribution in [1.82, 2.24) is 19.9 Å². The summed E-state index contributed by atoms with van der Waals surface area (Å²) in [6.07, 6.45) is 5.62. The van der Waals surface area contributed by atoms with Crippen molar-refractivity contribution >= 4 is 37.0 Å². The van der Waals surface area contributed by atoms with Crippen molar-refractivity contribution in [1.29, 1.82) is 0 Å². The molecular formula is C29H38N6O4S2. The molecule has 0 spiro atoms. The number of pyridine rings is 1. The summed E-state index contributed by atoms with van der Waals surface area (Å²) in [5, 5.41) is 3.51. The maximum Gasteiger partial charge on any atom is 0.179 e. The molecule has 1 aromatic carbocycles. The zero-order chi connectivity index (χ0) is 29.4. The third-order valence-corrected chi connectivity index (χ3v) is 10.8. The molecule has 41 heavy (non-hydrogen) atoms. The summed E-state index contributed by atoms with van der Waals surface area (Å²) >= 11 is 0. The molecule has 12 heteroatoms. The molecule has 4 heterocycles. The minimum atomic E-state index is -3.42. The molecule has 1 N–H and O–H groups in total. The van der Waals surface area contributed by atoms with Crippen LogP contribution in [0.15, 0.2) is 47.8 Å². The van der Waals surface area contributed by atoms with Crippen molar-refractivity contribution in [3.8, 4) is 0 Å². The first-order chi connectivity index (χ1) is 19.4. The van der Waals surface area contributed by atoms with Crippen LogP contribution >= 0.6 is 0 Å². The molecule has 5 rings (SSSR count). The van der Waals surface area contributed by atoms with Crippen LogP contribution in [0, 0.1) is 0 Å². The highest BCUT2D eigenvalue weighted by Crippen LogP contribution is 2.36. The lowest BCUT2D eigenvalue weighted by atomic mass is 9.78. The Bertz CT molecular complexity index is 1660. The Morgan fingerprint density at radius 3 is 2.61 bits per heavy atom. The number of benzene rings is 1. The van der Waals surface area contributed by atoms with Crippen LogP contribution in [0.3, 0.4) is 0 Å². The zero-order valence-corrected chi connectivity index (χ0v) is 25.7. The van der Waals surface area contributed by atoms with Crippen LogP contribution in [-0.4, -0.2) is 74.1 Å². The van der Waals surface area contributed by atoms with E-state index < -0.39 is 19.7 Å². The van der Waals surface area contributed by atoms with E-state index in [0.29, 0.717) is 31.7 Å². The van der Waals surface area contributed by atoms with Gasteiger partial charge in [0.05, 0.1) is 18.0 Å². The molecule has 0 amide bonds. The van der Waals surface area contributed by atoms with Gasteiger partial charge in [0.15, 0.2) is 9.84 Å². The average molecular weight is 599 g/mol. The number of rotatable bonds is 9. The molecule has 0 bridgehead atoms. The van der Waals surface area contributed by atoms with E-state index >= 15 is 0 Å². The number of hydrogen-bond acceptors (Lipinski definition) is 10. The predicted molar refractivity (Wildman–Crippen MR) is 161 cm³/mol. The minimum Gasteiger partial charge on any atom is -0.349 e. The van der Waals surface area contributed by atoms with E-state index in [1.54, 1.807) is 25.3 Å². The average Bonchev–Trinajstić information content (AvgIpc) is 2.92. The van der Waals surface area contributed by atoms with Gasteiger partial charge in [0.2, 0.25) is 0 Å². The van der Waals surface area contributed by atoms with Crippen molar-refractivity contribution in [2.45, 2.75) is 57.0 Å². The second-order valence-corrected chi connectivity index (χ2v) is 16.1. The molecule has 0 radical (unpaired) electrons. The quantitative estimate of drug-likeness (QED) is 0.391. The van der Waals surface area contributed by atoms with Crippen molar-refractivity contribution in [3.63, 3.8) is 0 Å². The Balaban J connectivity index is 1.34. The summed E-state index contributed by atoms with van der Waals surface area (Å²) in [5.41, 5.74) is 5.26. The standard InChI is InChI=1S/C29H38N6O4S2/c1-5-41(38,39)15-7-13-34-17-21-16-22(9-10-24(21)29(2,3)19-34)33-27-23-11-14-35(18-25(23)31-20-32-27)28-26(40(4,36)37)8-6-12-30-28/h6,8-10,12,16,20H,5,7,11,13-15,17-19H2,1-4H3,(H,31,32,33). The van der Waals surface area contributed by atoms with E-state index in [0.717, 1.165) is 42.4 Å². The fourth-order valence-corrected chi connectivity index (χ4v) is 7.60. The molecule has 2 aromatic heterocycles. The number of nitrogens with zero attached hydrogens (tertiary/aromatic N) is 5. The first kappa shape index (κ1) is 29.4. The monoisotopic (exact) mass is 598 g/mol. The summed E-state index contributed by atoms with van der Waals surface area (Å²) in [4.78, 5) is 18.0. The second-order valence-electron chi connectivity index (χ2n) is 11.6. The first-order valence-electron chi connectivity index (χ1n) is 13.9. The van der Waals surface area contributed by atoms with E-state index in [1.807, 2.05) is 4.90 Å². The van der Waals surface area contributed by atoms with Gasteiger partial charge in [-0.25, -0.2) is 31.8 Å². The fraction of sp³-hybridized carbons (Fsp3) is 0.483. The highest BCUT2D eigenvalue weighted by atomic mass is 32.2. The summed E-state index contributed by atoms with van der Waals surface area (Å²) in [7, 11) is -6.39. The summed E-state index contributed by atoms with van der Waals surface area (Å²) in [6.45, 7) is 9.59. The topological polar surface area (TPSA) is 125 Å². The molecule has 2 aliphatic heterocycles. The van der Waals surface area contributed by atoms with Gasteiger partial charge in [-0.2, -0.15) is 0 Å². The summed E-state index contributed by atoms with van der Waals surface area (Å²) in [6, 6.07) is 9.66. The maximum atomic E-state index is 12.3. The highest BCUT2D eigenvalue weighted by molar-refractivity contribution is 7.91. The number of anilines is 3. The Morgan fingerprint density at radius 1 is 1.05 bits per heavy atom. The number of nitrogens with one attached hydrogen (secondary N) is 1. The Labute approximate surface area is 243 Å². The number of hydrogen-bond donors (Lipinski definition) is 1. The van der Waals surface area contributed by atoms with Crippen LogP contribution in [-0.2, 0) is 44.6 Å². The van der Waals surface area contributed by atoms with Crippen LogP contribution in [0.2, 0.25) is 0 Å². The van der Waals surface area contributed by atoms with Gasteiger partial charge in [-0.1, -0.05) is 26.8 Å². The number of sulfone groups is 2. The van der Waals surface area contributed by atoms with Crippen LogP contribution < -0.4 is 10.2 Å². The smallest absolute Gasteiger partial charge is 0.179 e. The van der Waals surface area contributed by atoms with E-state index in [-0.39, 0.29) is 21.8 Å². The van der Waals surface area contributed by atoms with Gasteiger partial charge < -0.3 is 10.2 Å². The van der Waals surface area contributed by atoms with E-state index in [4.69, 9.17) is 0 Å². The number of aromatic nitrogens is 3. The maximum absolute atomic E-state index is 12.3. The van der Waals surface area contributed by atoms with E-state index in [9.17, 15) is 16.8 Å². The highest BCUT2D eigenvalue weighted by Gasteiger charge is 2.32. The van der Waals surface area contributed by atoms with Crippen LogP contribution in [0.1, 0.15) is 49.6 Å². The zero-order valence-electron chi connectivity index (χ0n) is 24.1. The lowest BCUT2D eigenvalue weighted by molar-refractivity contribution is 0.195. The largest absolute Gasteiger partial charge is 0.349 e. The lowest BCUT2D eigenvalue weighted by Gasteiger charge is -2.40. The minimum absolute atomic E-state index is 0.0520. The molecule has 3 aromatic rings. The third kappa shape index (κ3) is 6.54. The molecule has 220 valence electrons. The lowest BCUT2D eigenvalue weighted by Crippen LogP contribution is -2.42. The van der Waals surface area contributed by atoms with E-state index in [2.05, 4.69) is 57.2 Å². The van der Waals surface area contributed by atoms with Gasteiger partial charge in [-0.05, 0) is 54.8 Å². The van der Waals surface area contributed by atoms with Crippen LogP contribution in [0.25, 0.3) is 0 Å². The van der Waals surface area contributed by atoms with Crippen LogP contribution in [0.4, 0.5) is 17.3 Å². The second kappa shape index (κ2) is 11.3. The Hall–Kier alpha value is -3.09. The van der Waals surface area contributed by atoms with Crippen molar-refractivity contribution in [2.24, 2.45) is 0 Å². The van der Waals surface area contributed by atoms with Crippen molar-refractivity contribution < 1.29 is 16.8 Å². The van der Waals surface area contributed by atoms with Gasteiger partial charge >= 0.3 is 0 Å². The fourth-order valence-electron chi connectivity index (χ4n) is 5.90. The van der Waals surface area contributed by atoms with Crippen LogP contribution in [0.5, 0.6) is 0 Å². The van der Waals surface area contributed by atoms with Gasteiger partial charge in [0.25, 0.3) is 0 Å². The first-order valence-corrected chi connectivity index (χ1v) is 17.6. The van der Waals surface area contributed by atoms with E-state index in [1.165, 1.54) is 23.7 Å². The van der Waals surface area contributed by atoms with Crippen molar-refractivity contribution in [3.05, 3.63) is 65.2 Å². The molecule has 0 aliphatic carbocycles. The summed E-state index contributed by atoms with van der Waals surface area (Å²) < 4.78 is 48.6. The van der Waals surface area contributed by atoms with Crippen molar-refractivity contribution in [2.75, 3.05) is 47.6 Å². The van der Waals surface area contributed by atoms with Gasteiger partial charge in [-0.3, -0.25) is 4.90 Å². The Morgan fingerprint density at radius 2 is 1.85 bits per heavy atom. The normalized spacial score (nSPS) is 17.1. The van der Waals surface area contributed by atoms with Gasteiger partial charge in [0, 0.05) is 54.5 Å². The molecule has 0 fully saturated rings. The molecule has 10 nitrogen and oxygen atoms in total. The predicted octanol–water partition coefficient (Wildman–Crippen LogP) is 3.50. The molecular weight excluding hydrogens is 560 g/mol. The van der Waals surface area contributed by atoms with Gasteiger partial charge in [0.1, 0.15) is 32.7 Å².